The molecule has 1 aromatic carbocycles. The third kappa shape index (κ3) is 3.24. The number of hydrogen-bond donors (Lipinski definition) is 2. The molecule has 0 atom stereocenters. The number of nitrogens with one attached hydrogen (secondary N) is 1. The molecule has 0 amide bonds. The molecule has 0 unspecified atom stereocenters. The lowest BCUT2D eigenvalue weighted by Crippen LogP contribution is -2.00. The first-order valence-electron chi connectivity index (χ1n) is 6.56. The van der Waals surface area contributed by atoms with Gasteiger partial charge in [-0.2, -0.15) is 0 Å². The van der Waals surface area contributed by atoms with E-state index in [9.17, 15) is 0 Å². The Hall–Kier alpha value is -2.31. The predicted octanol–water partition coefficient (Wildman–Crippen LogP) is 3.11. The average Bonchev–Trinajstić information content (AvgIpc) is 2.94. The second-order valence-corrected chi connectivity index (χ2v) is 5.81. The van der Waals surface area contributed by atoms with Crippen molar-refractivity contribution in [1.29, 1.82) is 0 Å². The summed E-state index contributed by atoms with van der Waals surface area (Å²) >= 11 is 1.62. The molecule has 0 radical (unpaired) electrons. The van der Waals surface area contributed by atoms with E-state index in [1.165, 1.54) is 0 Å². The minimum Gasteiger partial charge on any atom is -0.326 e. The zero-order valence-corrected chi connectivity index (χ0v) is 12.4. The summed E-state index contributed by atoms with van der Waals surface area (Å²) in [5.74, 6) is 0.550. The third-order valence-electron chi connectivity index (χ3n) is 2.91. The van der Waals surface area contributed by atoms with Gasteiger partial charge in [0, 0.05) is 29.5 Å². The largest absolute Gasteiger partial charge is 0.326 e. The summed E-state index contributed by atoms with van der Waals surface area (Å²) in [4.78, 5) is 14.3. The predicted molar refractivity (Wildman–Crippen MR) is 85.5 cm³/mol. The highest BCUT2D eigenvalue weighted by Crippen LogP contribution is 2.24. The maximum absolute atomic E-state index is 5.65. The van der Waals surface area contributed by atoms with Crippen molar-refractivity contribution in [1.82, 2.24) is 15.0 Å². The van der Waals surface area contributed by atoms with E-state index in [1.807, 2.05) is 43.5 Å². The Bertz CT molecular complexity index is 753. The first-order chi connectivity index (χ1) is 10.2. The van der Waals surface area contributed by atoms with Crippen LogP contribution in [0.2, 0.25) is 0 Å². The van der Waals surface area contributed by atoms with E-state index in [1.54, 1.807) is 17.5 Å². The first kappa shape index (κ1) is 13.7. The number of aromatic nitrogens is 3. The highest BCUT2D eigenvalue weighted by Gasteiger charge is 2.06. The second-order valence-electron chi connectivity index (χ2n) is 4.57. The Labute approximate surface area is 126 Å². The molecule has 0 bridgehead atoms. The van der Waals surface area contributed by atoms with Crippen LogP contribution in [-0.4, -0.2) is 15.0 Å². The number of nitrogens with zero attached hydrogens (tertiary/aromatic N) is 3. The fourth-order valence-corrected chi connectivity index (χ4v) is 2.65. The van der Waals surface area contributed by atoms with Crippen molar-refractivity contribution in [2.75, 3.05) is 5.32 Å². The lowest BCUT2D eigenvalue weighted by atomic mass is 10.2. The van der Waals surface area contributed by atoms with E-state index < -0.39 is 0 Å². The Balaban J connectivity index is 1.86. The van der Waals surface area contributed by atoms with Crippen LogP contribution < -0.4 is 11.1 Å². The van der Waals surface area contributed by atoms with Gasteiger partial charge in [-0.15, -0.1) is 11.3 Å². The summed E-state index contributed by atoms with van der Waals surface area (Å²) in [7, 11) is 0. The van der Waals surface area contributed by atoms with Gasteiger partial charge in [-0.05, 0) is 30.7 Å². The molecule has 21 heavy (non-hydrogen) atoms. The molecule has 3 rings (SSSR count). The van der Waals surface area contributed by atoms with E-state index in [-0.39, 0.29) is 0 Å². The van der Waals surface area contributed by atoms with Gasteiger partial charge in [0.25, 0.3) is 0 Å². The van der Waals surface area contributed by atoms with E-state index >= 15 is 0 Å². The van der Waals surface area contributed by atoms with Crippen LogP contribution in [0.25, 0.3) is 10.7 Å². The molecule has 106 valence electrons. The summed E-state index contributed by atoms with van der Waals surface area (Å²) in [5, 5.41) is 4.09. The minimum atomic E-state index is 0.509. The van der Waals surface area contributed by atoms with Gasteiger partial charge < -0.3 is 11.1 Å². The number of benzene rings is 1. The fraction of sp³-hybridized carbons (Fsp3) is 0.133. The molecule has 2 heterocycles. The van der Waals surface area contributed by atoms with Gasteiger partial charge in [-0.3, -0.25) is 0 Å². The van der Waals surface area contributed by atoms with E-state index in [0.717, 1.165) is 26.8 Å². The summed E-state index contributed by atoms with van der Waals surface area (Å²) < 4.78 is 0. The van der Waals surface area contributed by atoms with Gasteiger partial charge in [0.15, 0.2) is 0 Å². The van der Waals surface area contributed by atoms with Crippen molar-refractivity contribution in [3.8, 4) is 10.7 Å². The number of nitrogens with two attached hydrogens (primary N) is 1. The molecule has 5 nitrogen and oxygen atoms in total. The number of rotatable bonds is 4. The SMILES string of the molecule is Cc1cnc(-c2ccnc(Nc3cccc(CN)c3)n2)s1. The Kier molecular flexibility index (Phi) is 3.89. The Morgan fingerprint density at radius 1 is 1.24 bits per heavy atom. The van der Waals surface area contributed by atoms with Gasteiger partial charge in [0.05, 0.1) is 0 Å². The molecule has 2 aromatic heterocycles. The zero-order valence-electron chi connectivity index (χ0n) is 11.6. The molecule has 0 aliphatic carbocycles. The van der Waals surface area contributed by atoms with Crippen LogP contribution in [0.3, 0.4) is 0 Å². The van der Waals surface area contributed by atoms with E-state index in [2.05, 4.69) is 20.3 Å². The van der Waals surface area contributed by atoms with Gasteiger partial charge in [0.1, 0.15) is 10.7 Å². The van der Waals surface area contributed by atoms with Gasteiger partial charge in [-0.1, -0.05) is 12.1 Å². The molecule has 0 aliphatic heterocycles. The van der Waals surface area contributed by atoms with Crippen LogP contribution in [0.15, 0.2) is 42.7 Å². The molecular formula is C15H15N5S. The molecule has 0 saturated heterocycles. The smallest absolute Gasteiger partial charge is 0.227 e. The molecule has 0 fully saturated rings. The van der Waals surface area contributed by atoms with Crippen LogP contribution in [-0.2, 0) is 6.54 Å². The van der Waals surface area contributed by atoms with Crippen molar-refractivity contribution in [2.24, 2.45) is 5.73 Å². The first-order valence-corrected chi connectivity index (χ1v) is 7.38. The maximum atomic E-state index is 5.65. The van der Waals surface area contributed by atoms with Crippen molar-refractivity contribution in [2.45, 2.75) is 13.5 Å². The lowest BCUT2D eigenvalue weighted by Gasteiger charge is -2.06. The molecular weight excluding hydrogens is 282 g/mol. The standard InChI is InChI=1S/C15H15N5S/c1-10-9-18-14(21-10)13-5-6-17-15(20-13)19-12-4-2-3-11(7-12)8-16/h2-7,9H,8,16H2,1H3,(H,17,19,20). The Morgan fingerprint density at radius 3 is 2.90 bits per heavy atom. The topological polar surface area (TPSA) is 76.7 Å². The number of hydrogen-bond acceptors (Lipinski definition) is 6. The quantitative estimate of drug-likeness (QED) is 0.773. The maximum Gasteiger partial charge on any atom is 0.227 e. The van der Waals surface area contributed by atoms with Gasteiger partial charge in [-0.25, -0.2) is 15.0 Å². The number of aryl methyl sites for hydroxylation is 1. The number of anilines is 2. The summed E-state index contributed by atoms with van der Waals surface area (Å²) in [6.07, 6.45) is 3.58. The van der Waals surface area contributed by atoms with Crippen LogP contribution in [0.5, 0.6) is 0 Å². The van der Waals surface area contributed by atoms with Crippen LogP contribution >= 0.6 is 11.3 Å². The van der Waals surface area contributed by atoms with E-state index in [4.69, 9.17) is 5.73 Å². The van der Waals surface area contributed by atoms with Crippen molar-refractivity contribution < 1.29 is 0 Å². The van der Waals surface area contributed by atoms with Gasteiger partial charge >= 0.3 is 0 Å². The summed E-state index contributed by atoms with van der Waals surface area (Å²) in [5.41, 5.74) is 8.45. The van der Waals surface area contributed by atoms with Gasteiger partial charge in [0.2, 0.25) is 5.95 Å². The second kappa shape index (κ2) is 5.99. The average molecular weight is 297 g/mol. The van der Waals surface area contributed by atoms with Crippen LogP contribution in [0.4, 0.5) is 11.6 Å². The number of thiazole rings is 1. The molecule has 0 saturated carbocycles. The lowest BCUT2D eigenvalue weighted by molar-refractivity contribution is 1.07. The molecule has 3 aromatic rings. The fourth-order valence-electron chi connectivity index (χ4n) is 1.92. The highest BCUT2D eigenvalue weighted by molar-refractivity contribution is 7.14. The molecule has 0 spiro atoms. The van der Waals surface area contributed by atoms with Crippen molar-refractivity contribution in [3.63, 3.8) is 0 Å². The van der Waals surface area contributed by atoms with Crippen LogP contribution in [0, 0.1) is 6.92 Å². The normalized spacial score (nSPS) is 10.6. The molecule has 3 N–H and O–H groups in total. The highest BCUT2D eigenvalue weighted by atomic mass is 32.1. The monoisotopic (exact) mass is 297 g/mol. The van der Waals surface area contributed by atoms with E-state index in [0.29, 0.717) is 12.5 Å². The third-order valence-corrected chi connectivity index (χ3v) is 3.85. The van der Waals surface area contributed by atoms with Crippen molar-refractivity contribution >= 4 is 23.0 Å². The summed E-state index contributed by atoms with van der Waals surface area (Å²) in [6, 6.07) is 9.76. The minimum absolute atomic E-state index is 0.509. The van der Waals surface area contributed by atoms with Crippen molar-refractivity contribution in [3.05, 3.63) is 53.2 Å². The Morgan fingerprint density at radius 2 is 2.14 bits per heavy atom. The molecule has 0 aliphatic rings. The zero-order chi connectivity index (χ0) is 14.7. The molecule has 6 heteroatoms. The summed E-state index contributed by atoms with van der Waals surface area (Å²) in [6.45, 7) is 2.54. The van der Waals surface area contributed by atoms with Crippen LogP contribution in [0.1, 0.15) is 10.4 Å².